The molecule has 0 aliphatic heterocycles. The Morgan fingerprint density at radius 2 is 1.44 bits per heavy atom. The molecule has 9 heavy (non-hydrogen) atoms. The molecule has 0 fully saturated rings. The summed E-state index contributed by atoms with van der Waals surface area (Å²) in [7, 11) is 0. The third kappa shape index (κ3) is 8.00. The van der Waals surface area contributed by atoms with Crippen LogP contribution < -0.4 is 0 Å². The molecular formula is C4H4F2OS2. The van der Waals surface area contributed by atoms with Crippen molar-refractivity contribution < 1.29 is 12.4 Å². The molecule has 0 aliphatic carbocycles. The fraction of sp³-hybridized carbons (Fsp3) is 0. The summed E-state index contributed by atoms with van der Waals surface area (Å²) in [4.78, 5) is 0. The first-order valence-corrected chi connectivity index (χ1v) is 3.31. The summed E-state index contributed by atoms with van der Waals surface area (Å²) < 4.78 is 27.5. The molecule has 0 aliphatic rings. The van der Waals surface area contributed by atoms with Gasteiger partial charge in [0.05, 0.1) is 24.1 Å². The van der Waals surface area contributed by atoms with Crippen LogP contribution in [0.5, 0.6) is 0 Å². The van der Waals surface area contributed by atoms with Gasteiger partial charge in [-0.2, -0.15) is 8.78 Å². The molecule has 0 radical (unpaired) electrons. The number of halogens is 2. The first kappa shape index (κ1) is 9.00. The minimum Gasteiger partial charge on any atom is -0.232 e. The van der Waals surface area contributed by atoms with Gasteiger partial charge in [0.15, 0.2) is 10.3 Å². The largest absolute Gasteiger partial charge is 0.232 e. The summed E-state index contributed by atoms with van der Waals surface area (Å²) in [6.07, 6.45) is 0. The van der Waals surface area contributed by atoms with E-state index >= 15 is 0 Å². The van der Waals surface area contributed by atoms with Crippen LogP contribution in [0.2, 0.25) is 0 Å². The Morgan fingerprint density at radius 3 is 1.67 bits per heavy atom. The van der Waals surface area contributed by atoms with E-state index in [1.807, 2.05) is 0 Å². The average molecular weight is 170 g/mol. The van der Waals surface area contributed by atoms with Crippen LogP contribution in [0.1, 0.15) is 0 Å². The lowest BCUT2D eigenvalue weighted by Gasteiger charge is -1.92. The summed E-state index contributed by atoms with van der Waals surface area (Å²) in [6, 6.07) is 0. The second-order valence-corrected chi connectivity index (χ2v) is 2.71. The Kier molecular flexibility index (Phi) is 4.84. The van der Waals surface area contributed by atoms with E-state index in [1.54, 1.807) is 0 Å². The number of rotatable bonds is 4. The molecule has 5 heteroatoms. The van der Waals surface area contributed by atoms with E-state index in [2.05, 4.69) is 16.8 Å². The highest BCUT2D eigenvalue weighted by Gasteiger charge is 1.95. The van der Waals surface area contributed by atoms with Crippen molar-refractivity contribution in [2.45, 2.75) is 0 Å². The average Bonchev–Trinajstić information content (AvgIpc) is 1.63. The molecular weight excluding hydrogens is 166 g/mol. The zero-order valence-electron chi connectivity index (χ0n) is 4.39. The molecule has 0 saturated heterocycles. The quantitative estimate of drug-likeness (QED) is 0.600. The van der Waals surface area contributed by atoms with Crippen LogP contribution >= 0.6 is 24.1 Å². The van der Waals surface area contributed by atoms with Gasteiger partial charge in [-0.3, -0.25) is 0 Å². The van der Waals surface area contributed by atoms with Gasteiger partial charge in [0, 0.05) is 0 Å². The Bertz CT molecular complexity index is 112. The van der Waals surface area contributed by atoms with Crippen molar-refractivity contribution >= 4 is 24.1 Å². The van der Waals surface area contributed by atoms with Crippen molar-refractivity contribution in [2.24, 2.45) is 0 Å². The Hall–Kier alpha value is -0.0000000000000000555. The molecule has 0 unspecified atom stereocenters. The zero-order valence-corrected chi connectivity index (χ0v) is 6.03. The van der Waals surface area contributed by atoms with Gasteiger partial charge in [0.2, 0.25) is 0 Å². The van der Waals surface area contributed by atoms with Crippen molar-refractivity contribution in [1.29, 1.82) is 0 Å². The Labute approximate surface area is 60.6 Å². The lowest BCUT2D eigenvalue weighted by atomic mass is 11.2. The first-order chi connectivity index (χ1) is 4.13. The van der Waals surface area contributed by atoms with Crippen LogP contribution in [0, 0.1) is 0 Å². The molecule has 0 amide bonds. The van der Waals surface area contributed by atoms with Gasteiger partial charge < -0.3 is 0 Å². The molecule has 0 aromatic carbocycles. The molecule has 0 N–H and O–H groups in total. The number of hydrogen-bond acceptors (Lipinski definition) is 3. The third-order valence-corrected chi connectivity index (χ3v) is 1.15. The molecule has 0 heterocycles. The zero-order chi connectivity index (χ0) is 7.28. The predicted octanol–water partition coefficient (Wildman–Crippen LogP) is 3.18. The van der Waals surface area contributed by atoms with E-state index in [1.165, 1.54) is 0 Å². The fourth-order valence-electron chi connectivity index (χ4n) is 0.0908. The van der Waals surface area contributed by atoms with Gasteiger partial charge >= 0.3 is 0 Å². The Morgan fingerprint density at radius 1 is 1.11 bits per heavy atom. The molecule has 0 spiro atoms. The topological polar surface area (TPSA) is 9.23 Å². The van der Waals surface area contributed by atoms with E-state index in [9.17, 15) is 8.78 Å². The summed E-state index contributed by atoms with van der Waals surface area (Å²) in [5.74, 6) is 0. The molecule has 1 nitrogen and oxygen atoms in total. The maximum absolute atomic E-state index is 11.6. The van der Waals surface area contributed by atoms with Crippen LogP contribution in [-0.2, 0) is 3.63 Å². The normalized spacial score (nSPS) is 9.11. The third-order valence-electron chi connectivity index (χ3n) is 0.249. The van der Waals surface area contributed by atoms with Gasteiger partial charge in [0.25, 0.3) is 0 Å². The van der Waals surface area contributed by atoms with Crippen molar-refractivity contribution in [3.63, 3.8) is 0 Å². The van der Waals surface area contributed by atoms with Gasteiger partial charge in [-0.1, -0.05) is 13.2 Å². The summed E-state index contributed by atoms with van der Waals surface area (Å²) in [6.45, 7) is 5.72. The van der Waals surface area contributed by atoms with Crippen molar-refractivity contribution in [3.8, 4) is 0 Å². The lowest BCUT2D eigenvalue weighted by Crippen LogP contribution is -1.62. The molecule has 0 atom stereocenters. The van der Waals surface area contributed by atoms with Gasteiger partial charge in [0.1, 0.15) is 0 Å². The number of hydrogen-bond donors (Lipinski definition) is 0. The monoisotopic (exact) mass is 170 g/mol. The molecule has 0 aromatic rings. The van der Waals surface area contributed by atoms with Crippen LogP contribution in [0.4, 0.5) is 8.78 Å². The van der Waals surface area contributed by atoms with E-state index in [0.29, 0.717) is 24.1 Å². The van der Waals surface area contributed by atoms with E-state index in [-0.39, 0.29) is 0 Å². The second-order valence-electron chi connectivity index (χ2n) is 0.945. The smallest absolute Gasteiger partial charge is 0.177 e. The highest BCUT2D eigenvalue weighted by molar-refractivity contribution is 8.11. The SMILES string of the molecule is C=C(F)SOSC(=C)F. The van der Waals surface area contributed by atoms with E-state index < -0.39 is 10.3 Å². The highest BCUT2D eigenvalue weighted by Crippen LogP contribution is 2.27. The van der Waals surface area contributed by atoms with Crippen LogP contribution in [0.3, 0.4) is 0 Å². The maximum atomic E-state index is 11.6. The van der Waals surface area contributed by atoms with Gasteiger partial charge in [-0.05, 0) is 0 Å². The first-order valence-electron chi connectivity index (χ1n) is 1.83. The molecule has 0 aromatic heterocycles. The molecule has 0 rings (SSSR count). The lowest BCUT2D eigenvalue weighted by molar-refractivity contribution is 0.660. The van der Waals surface area contributed by atoms with Crippen LogP contribution in [0.15, 0.2) is 23.5 Å². The van der Waals surface area contributed by atoms with Crippen molar-refractivity contribution in [3.05, 3.63) is 23.5 Å². The predicted molar refractivity (Wildman–Crippen MR) is 36.8 cm³/mol. The standard InChI is InChI=1S/C4H4F2OS2/c1-3(5)8-7-9-4(2)6/h1-2H2. The molecule has 0 saturated carbocycles. The second kappa shape index (κ2) is 4.84. The van der Waals surface area contributed by atoms with Crippen molar-refractivity contribution in [2.75, 3.05) is 0 Å². The highest BCUT2D eigenvalue weighted by atomic mass is 32.2. The summed E-state index contributed by atoms with van der Waals surface area (Å²) >= 11 is 0.721. The summed E-state index contributed by atoms with van der Waals surface area (Å²) in [5, 5.41) is -1.44. The van der Waals surface area contributed by atoms with Crippen molar-refractivity contribution in [1.82, 2.24) is 0 Å². The minimum absolute atomic E-state index is 0.361. The van der Waals surface area contributed by atoms with E-state index in [4.69, 9.17) is 0 Å². The Balaban J connectivity index is 3.10. The fourth-order valence-corrected chi connectivity index (χ4v) is 0.818. The molecule has 0 bridgehead atoms. The van der Waals surface area contributed by atoms with Gasteiger partial charge in [-0.25, -0.2) is 3.63 Å². The maximum Gasteiger partial charge on any atom is 0.177 e. The molecule has 52 valence electrons. The van der Waals surface area contributed by atoms with Crippen LogP contribution in [0.25, 0.3) is 0 Å². The van der Waals surface area contributed by atoms with Crippen LogP contribution in [-0.4, -0.2) is 0 Å². The van der Waals surface area contributed by atoms with Gasteiger partial charge in [-0.15, -0.1) is 0 Å². The minimum atomic E-state index is -0.719. The summed E-state index contributed by atoms with van der Waals surface area (Å²) in [5.41, 5.74) is 0. The van der Waals surface area contributed by atoms with E-state index in [0.717, 1.165) is 0 Å².